The molecule has 3 aromatic heterocycles. The number of hydrogen-bond donors (Lipinski definition) is 3. The summed E-state index contributed by atoms with van der Waals surface area (Å²) in [4.78, 5) is 27.5. The maximum Gasteiger partial charge on any atom is 0.272 e. The second kappa shape index (κ2) is 7.47. The van der Waals surface area contributed by atoms with Gasteiger partial charge < -0.3 is 20.6 Å². The van der Waals surface area contributed by atoms with E-state index in [4.69, 9.17) is 21.9 Å². The van der Waals surface area contributed by atoms with E-state index in [-0.39, 0.29) is 16.5 Å². The van der Waals surface area contributed by atoms with Gasteiger partial charge in [-0.3, -0.25) is 4.79 Å². The van der Waals surface area contributed by atoms with Crippen molar-refractivity contribution in [2.45, 2.75) is 19.6 Å². The Morgan fingerprint density at radius 2 is 2.21 bits per heavy atom. The lowest BCUT2D eigenvalue weighted by atomic mass is 10.2. The molecule has 0 fully saturated rings. The Hall–Kier alpha value is -3.53. The molecule has 11 heteroatoms. The summed E-state index contributed by atoms with van der Waals surface area (Å²) in [6.07, 6.45) is 1.16. The van der Waals surface area contributed by atoms with Crippen molar-refractivity contribution in [3.63, 3.8) is 0 Å². The van der Waals surface area contributed by atoms with Gasteiger partial charge >= 0.3 is 0 Å². The van der Waals surface area contributed by atoms with Crippen LogP contribution in [0.5, 0.6) is 0 Å². The van der Waals surface area contributed by atoms with Gasteiger partial charge in [0.1, 0.15) is 29.5 Å². The molecule has 4 N–H and O–H groups in total. The lowest BCUT2D eigenvalue weighted by molar-refractivity contribution is 0.0929. The Morgan fingerprint density at radius 3 is 3.00 bits per heavy atom. The lowest BCUT2D eigenvalue weighted by Gasteiger charge is -2.11. The number of nitrogens with one attached hydrogen (secondary N) is 2. The summed E-state index contributed by atoms with van der Waals surface area (Å²) < 4.78 is 18.2. The van der Waals surface area contributed by atoms with Crippen LogP contribution in [0.1, 0.15) is 34.8 Å². The van der Waals surface area contributed by atoms with Gasteiger partial charge in [-0.1, -0.05) is 22.8 Å². The largest absolute Gasteiger partial charge is 0.382 e. The zero-order valence-electron chi connectivity index (χ0n) is 15.1. The van der Waals surface area contributed by atoms with Crippen molar-refractivity contribution in [2.24, 2.45) is 0 Å². The molecule has 0 aliphatic carbocycles. The highest BCUT2D eigenvalue weighted by Crippen LogP contribution is 2.25. The van der Waals surface area contributed by atoms with Gasteiger partial charge in [0, 0.05) is 6.07 Å². The zero-order valence-corrected chi connectivity index (χ0v) is 15.9. The molecular weight excluding hydrogens is 401 g/mol. The molecule has 1 amide bonds. The molecule has 0 spiro atoms. The third-order valence-electron chi connectivity index (χ3n) is 4.28. The first-order chi connectivity index (χ1) is 14.0. The highest BCUT2D eigenvalue weighted by atomic mass is 35.5. The van der Waals surface area contributed by atoms with Crippen molar-refractivity contribution in [2.75, 3.05) is 5.73 Å². The van der Waals surface area contributed by atoms with Gasteiger partial charge in [-0.25, -0.2) is 19.3 Å². The van der Waals surface area contributed by atoms with Crippen LogP contribution in [0.2, 0.25) is 5.02 Å². The average Bonchev–Trinajstić information content (AvgIpc) is 3.36. The number of aromatic nitrogens is 5. The molecule has 1 atom stereocenters. The van der Waals surface area contributed by atoms with Gasteiger partial charge in [0.05, 0.1) is 17.1 Å². The van der Waals surface area contributed by atoms with Crippen LogP contribution >= 0.6 is 11.6 Å². The zero-order chi connectivity index (χ0) is 20.5. The van der Waals surface area contributed by atoms with Crippen LogP contribution in [0.25, 0.3) is 22.6 Å². The number of nitrogens with two attached hydrogens (primary N) is 1. The van der Waals surface area contributed by atoms with E-state index >= 15 is 0 Å². The highest BCUT2D eigenvalue weighted by molar-refractivity contribution is 6.35. The van der Waals surface area contributed by atoms with Gasteiger partial charge in [0.2, 0.25) is 0 Å². The van der Waals surface area contributed by atoms with E-state index in [1.165, 1.54) is 0 Å². The fraction of sp³-hybridized carbons (Fsp3) is 0.167. The number of hydrogen-bond acceptors (Lipinski definition) is 7. The van der Waals surface area contributed by atoms with Gasteiger partial charge in [-0.15, -0.1) is 0 Å². The number of alkyl halides is 1. The van der Waals surface area contributed by atoms with E-state index < -0.39 is 18.6 Å². The molecule has 148 valence electrons. The van der Waals surface area contributed by atoms with Crippen molar-refractivity contribution in [3.8, 4) is 11.5 Å². The van der Waals surface area contributed by atoms with E-state index in [2.05, 4.69) is 30.4 Å². The van der Waals surface area contributed by atoms with Crippen molar-refractivity contribution in [3.05, 3.63) is 52.6 Å². The van der Waals surface area contributed by atoms with Gasteiger partial charge in [-0.2, -0.15) is 0 Å². The Morgan fingerprint density at radius 1 is 1.38 bits per heavy atom. The van der Waals surface area contributed by atoms with Crippen LogP contribution in [0.3, 0.4) is 0 Å². The fourth-order valence-corrected chi connectivity index (χ4v) is 2.93. The number of nitrogens with zero attached hydrogens (tertiary/aromatic N) is 4. The first-order valence-corrected chi connectivity index (χ1v) is 8.92. The van der Waals surface area contributed by atoms with Crippen LogP contribution < -0.4 is 11.1 Å². The second-order valence-corrected chi connectivity index (χ2v) is 6.68. The van der Waals surface area contributed by atoms with Crippen molar-refractivity contribution >= 4 is 34.4 Å². The standard InChI is InChI=1S/C18H15ClFN7O2/c1-8(24-18(28)15-14(19)16(21)23-7-22-15)13-5-12(27-29-13)17-25-10-3-2-9(6-20)4-11(10)26-17/h2-5,7-8H,6H2,1H3,(H,24,28)(H,25,26)(H2,21,22,23)/t8-/m0/s1. The molecule has 0 saturated heterocycles. The molecule has 0 aliphatic heterocycles. The maximum absolute atomic E-state index is 12.8. The summed E-state index contributed by atoms with van der Waals surface area (Å²) in [5.74, 6) is 0.354. The number of imidazole rings is 1. The molecule has 4 aromatic rings. The number of aromatic amines is 1. The average molecular weight is 416 g/mol. The minimum absolute atomic E-state index is 0.0159. The summed E-state index contributed by atoms with van der Waals surface area (Å²) >= 11 is 5.98. The molecule has 0 unspecified atom stereocenters. The smallest absolute Gasteiger partial charge is 0.272 e. The molecule has 29 heavy (non-hydrogen) atoms. The SMILES string of the molecule is C[C@H](NC(=O)c1ncnc(N)c1Cl)c1cc(-c2nc3ccc(CF)cc3[nH]2)no1. The van der Waals surface area contributed by atoms with E-state index in [0.717, 1.165) is 6.33 Å². The molecule has 0 radical (unpaired) electrons. The molecule has 3 heterocycles. The number of fused-ring (bicyclic) bond motifs is 1. The predicted octanol–water partition coefficient (Wildman–Crippen LogP) is 3.20. The third kappa shape index (κ3) is 3.61. The number of carbonyl (C=O) groups is 1. The molecule has 0 aliphatic rings. The van der Waals surface area contributed by atoms with Gasteiger partial charge in [0.15, 0.2) is 17.3 Å². The molecular formula is C18H15ClFN7O2. The van der Waals surface area contributed by atoms with Crippen LogP contribution in [-0.4, -0.2) is 31.0 Å². The monoisotopic (exact) mass is 415 g/mol. The molecule has 1 aromatic carbocycles. The third-order valence-corrected chi connectivity index (χ3v) is 4.65. The molecule has 4 rings (SSSR count). The Bertz CT molecular complexity index is 1210. The van der Waals surface area contributed by atoms with E-state index in [1.807, 2.05) is 0 Å². The van der Waals surface area contributed by atoms with E-state index in [9.17, 15) is 9.18 Å². The number of amides is 1. The van der Waals surface area contributed by atoms with E-state index in [1.54, 1.807) is 31.2 Å². The van der Waals surface area contributed by atoms with Crippen molar-refractivity contribution < 1.29 is 13.7 Å². The Balaban J connectivity index is 1.54. The first kappa shape index (κ1) is 18.8. The minimum Gasteiger partial charge on any atom is -0.382 e. The van der Waals surface area contributed by atoms with Crippen molar-refractivity contribution in [1.29, 1.82) is 0 Å². The summed E-state index contributed by atoms with van der Waals surface area (Å²) in [6, 6.07) is 6.20. The molecule has 9 nitrogen and oxygen atoms in total. The number of rotatable bonds is 5. The Kier molecular flexibility index (Phi) is 4.85. The second-order valence-electron chi connectivity index (χ2n) is 6.30. The lowest BCUT2D eigenvalue weighted by Crippen LogP contribution is -2.27. The number of nitrogen functional groups attached to an aromatic ring is 1. The highest BCUT2D eigenvalue weighted by Gasteiger charge is 2.21. The normalized spacial score (nSPS) is 12.2. The van der Waals surface area contributed by atoms with E-state index in [0.29, 0.717) is 33.9 Å². The minimum atomic E-state index is -0.558. The Labute approximate surface area is 168 Å². The van der Waals surface area contributed by atoms with Gasteiger partial charge in [-0.05, 0) is 24.6 Å². The number of carbonyl (C=O) groups excluding carboxylic acids is 1. The van der Waals surface area contributed by atoms with Crippen LogP contribution in [0, 0.1) is 0 Å². The fourth-order valence-electron chi connectivity index (χ4n) is 2.74. The number of H-pyrrole nitrogens is 1. The van der Waals surface area contributed by atoms with Crippen LogP contribution in [0.15, 0.2) is 35.1 Å². The quantitative estimate of drug-likeness (QED) is 0.455. The maximum atomic E-state index is 12.8. The number of anilines is 1. The first-order valence-electron chi connectivity index (χ1n) is 8.54. The molecule has 0 bridgehead atoms. The van der Waals surface area contributed by atoms with Crippen LogP contribution in [-0.2, 0) is 6.67 Å². The number of halogens is 2. The summed E-state index contributed by atoms with van der Waals surface area (Å²) in [7, 11) is 0. The van der Waals surface area contributed by atoms with Crippen molar-refractivity contribution in [1.82, 2.24) is 30.4 Å². The van der Waals surface area contributed by atoms with Gasteiger partial charge in [0.25, 0.3) is 5.91 Å². The summed E-state index contributed by atoms with van der Waals surface area (Å²) in [5.41, 5.74) is 7.93. The summed E-state index contributed by atoms with van der Waals surface area (Å²) in [6.45, 7) is 1.16. The topological polar surface area (TPSA) is 136 Å². The predicted molar refractivity (Wildman–Crippen MR) is 104 cm³/mol. The molecule has 0 saturated carbocycles. The van der Waals surface area contributed by atoms with Crippen LogP contribution in [0.4, 0.5) is 10.2 Å². The summed E-state index contributed by atoms with van der Waals surface area (Å²) in [5, 5.41) is 6.68. The number of benzene rings is 1.